The first-order valence-electron chi connectivity index (χ1n) is 9.40. The van der Waals surface area contributed by atoms with Crippen molar-refractivity contribution in [1.82, 2.24) is 4.57 Å². The number of rotatable bonds is 4. The number of para-hydroxylation sites is 1. The normalized spacial score (nSPS) is 14.8. The number of carbonyl (C=O) groups excluding carboxylic acids is 2. The molecule has 1 aliphatic rings. The summed E-state index contributed by atoms with van der Waals surface area (Å²) in [6.45, 7) is 3.90. The molecule has 0 aliphatic carbocycles. The van der Waals surface area contributed by atoms with Crippen LogP contribution in [0.15, 0.2) is 47.3 Å². The number of pyridine rings is 1. The largest absolute Gasteiger partial charge is 0.506 e. The summed E-state index contributed by atoms with van der Waals surface area (Å²) in [6, 6.07) is 11.5. The van der Waals surface area contributed by atoms with Gasteiger partial charge in [-0.1, -0.05) is 12.1 Å². The molecule has 0 saturated carbocycles. The average molecular weight is 392 g/mol. The SMILES string of the molecule is CCOC(=O)c1ccc(NC(=O)c2c(O)c3cccc4c3n(c2=O)C(C)C4)cc1. The number of carbonyl (C=O) groups is 2. The number of ether oxygens (including phenoxy) is 1. The molecule has 2 aromatic carbocycles. The van der Waals surface area contributed by atoms with Crippen molar-refractivity contribution in [2.24, 2.45) is 0 Å². The van der Waals surface area contributed by atoms with Gasteiger partial charge >= 0.3 is 5.97 Å². The Hall–Kier alpha value is -3.61. The first-order valence-corrected chi connectivity index (χ1v) is 9.40. The van der Waals surface area contributed by atoms with E-state index in [-0.39, 0.29) is 24.0 Å². The van der Waals surface area contributed by atoms with Gasteiger partial charge in [-0.15, -0.1) is 0 Å². The van der Waals surface area contributed by atoms with Gasteiger partial charge in [0, 0.05) is 17.1 Å². The molecule has 3 aromatic rings. The Balaban J connectivity index is 1.70. The summed E-state index contributed by atoms with van der Waals surface area (Å²) >= 11 is 0. The molecule has 0 bridgehead atoms. The lowest BCUT2D eigenvalue weighted by Gasteiger charge is -2.14. The van der Waals surface area contributed by atoms with Gasteiger partial charge in [-0.05, 0) is 56.2 Å². The van der Waals surface area contributed by atoms with Gasteiger partial charge in [-0.2, -0.15) is 0 Å². The molecule has 1 atom stereocenters. The van der Waals surface area contributed by atoms with Crippen LogP contribution in [0, 0.1) is 0 Å². The molecule has 0 spiro atoms. The Morgan fingerprint density at radius 3 is 2.62 bits per heavy atom. The second-order valence-electron chi connectivity index (χ2n) is 7.02. The number of nitrogens with one attached hydrogen (secondary N) is 1. The van der Waals surface area contributed by atoms with Crippen LogP contribution in [0.25, 0.3) is 10.9 Å². The molecule has 1 amide bonds. The standard InChI is InChI=1S/C22H20N2O5/c1-3-29-22(28)13-7-9-15(10-8-13)23-20(26)17-19(25)16-6-4-5-14-11-12(2)24(18(14)16)21(17)27/h4-10,12,25H,3,11H2,1-2H3,(H,23,26). The summed E-state index contributed by atoms with van der Waals surface area (Å²) in [5.74, 6) is -1.48. The third kappa shape index (κ3) is 3.04. The maximum atomic E-state index is 13.0. The first-order chi connectivity index (χ1) is 13.9. The minimum absolute atomic E-state index is 0.0987. The molecule has 7 heteroatoms. The smallest absolute Gasteiger partial charge is 0.338 e. The molecule has 148 valence electrons. The van der Waals surface area contributed by atoms with Crippen molar-refractivity contribution in [3.8, 4) is 5.75 Å². The van der Waals surface area contributed by atoms with E-state index in [9.17, 15) is 19.5 Å². The third-order valence-corrected chi connectivity index (χ3v) is 5.12. The number of nitrogens with zero attached hydrogens (tertiary/aromatic N) is 1. The first kappa shape index (κ1) is 18.7. The minimum atomic E-state index is -0.702. The van der Waals surface area contributed by atoms with E-state index < -0.39 is 17.4 Å². The summed E-state index contributed by atoms with van der Waals surface area (Å²) < 4.78 is 6.50. The van der Waals surface area contributed by atoms with Crippen LogP contribution in [0.3, 0.4) is 0 Å². The molecule has 4 rings (SSSR count). The van der Waals surface area contributed by atoms with Crippen LogP contribution in [-0.4, -0.2) is 28.2 Å². The monoisotopic (exact) mass is 392 g/mol. The van der Waals surface area contributed by atoms with Gasteiger partial charge in [0.25, 0.3) is 11.5 Å². The summed E-state index contributed by atoms with van der Waals surface area (Å²) in [5, 5.41) is 13.8. The zero-order chi connectivity index (χ0) is 20.7. The molecule has 2 heterocycles. The lowest BCUT2D eigenvalue weighted by Crippen LogP contribution is -2.30. The van der Waals surface area contributed by atoms with Crippen LogP contribution in [0.4, 0.5) is 5.69 Å². The van der Waals surface area contributed by atoms with Gasteiger partial charge in [-0.25, -0.2) is 4.79 Å². The van der Waals surface area contributed by atoms with Crippen molar-refractivity contribution >= 4 is 28.5 Å². The van der Waals surface area contributed by atoms with E-state index in [0.717, 1.165) is 5.56 Å². The van der Waals surface area contributed by atoms with E-state index in [1.807, 2.05) is 13.0 Å². The van der Waals surface area contributed by atoms with Crippen molar-refractivity contribution in [2.75, 3.05) is 11.9 Å². The zero-order valence-electron chi connectivity index (χ0n) is 16.1. The Labute approximate surface area is 166 Å². The van der Waals surface area contributed by atoms with E-state index in [0.29, 0.717) is 28.6 Å². The molecule has 1 unspecified atom stereocenters. The van der Waals surface area contributed by atoms with E-state index >= 15 is 0 Å². The quantitative estimate of drug-likeness (QED) is 0.664. The Morgan fingerprint density at radius 1 is 1.21 bits per heavy atom. The molecule has 2 N–H and O–H groups in total. The third-order valence-electron chi connectivity index (χ3n) is 5.12. The van der Waals surface area contributed by atoms with Gasteiger partial charge in [0.15, 0.2) is 0 Å². The number of esters is 1. The number of benzene rings is 2. The predicted molar refractivity (Wildman–Crippen MR) is 109 cm³/mol. The molecule has 0 radical (unpaired) electrons. The fourth-order valence-corrected chi connectivity index (χ4v) is 3.82. The molecule has 29 heavy (non-hydrogen) atoms. The number of amides is 1. The molecule has 0 saturated heterocycles. The number of aromatic nitrogens is 1. The van der Waals surface area contributed by atoms with Gasteiger partial charge in [0.2, 0.25) is 0 Å². The fourth-order valence-electron chi connectivity index (χ4n) is 3.82. The predicted octanol–water partition coefficient (Wildman–Crippen LogP) is 3.25. The number of anilines is 1. The van der Waals surface area contributed by atoms with Crippen LogP contribution in [0.1, 0.15) is 46.2 Å². The van der Waals surface area contributed by atoms with Crippen molar-refractivity contribution < 1.29 is 19.4 Å². The Kier molecular flexibility index (Phi) is 4.58. The summed E-state index contributed by atoms with van der Waals surface area (Å²) in [7, 11) is 0. The van der Waals surface area contributed by atoms with E-state index in [2.05, 4.69) is 5.32 Å². The van der Waals surface area contributed by atoms with Gasteiger partial charge < -0.3 is 19.7 Å². The molecule has 1 aromatic heterocycles. The molecule has 0 fully saturated rings. The highest BCUT2D eigenvalue weighted by molar-refractivity contribution is 6.09. The molecule has 7 nitrogen and oxygen atoms in total. The summed E-state index contributed by atoms with van der Waals surface area (Å²) in [5.41, 5.74) is 1.59. The van der Waals surface area contributed by atoms with Crippen molar-refractivity contribution in [2.45, 2.75) is 26.3 Å². The maximum absolute atomic E-state index is 13.0. The highest BCUT2D eigenvalue weighted by Gasteiger charge is 2.29. The highest BCUT2D eigenvalue weighted by atomic mass is 16.5. The molecular formula is C22H20N2O5. The van der Waals surface area contributed by atoms with E-state index in [1.54, 1.807) is 35.8 Å². The fraction of sp³-hybridized carbons (Fsp3) is 0.227. The Bertz CT molecular complexity index is 1190. The van der Waals surface area contributed by atoms with Crippen molar-refractivity contribution in [1.29, 1.82) is 0 Å². The second kappa shape index (κ2) is 7.09. The number of hydrogen-bond donors (Lipinski definition) is 2. The van der Waals surface area contributed by atoms with Crippen LogP contribution in [0.5, 0.6) is 5.75 Å². The number of hydrogen-bond acceptors (Lipinski definition) is 5. The van der Waals surface area contributed by atoms with Gasteiger partial charge in [0.1, 0.15) is 11.3 Å². The van der Waals surface area contributed by atoms with Gasteiger partial charge in [-0.3, -0.25) is 9.59 Å². The maximum Gasteiger partial charge on any atom is 0.338 e. The van der Waals surface area contributed by atoms with Crippen LogP contribution in [0.2, 0.25) is 0 Å². The van der Waals surface area contributed by atoms with E-state index in [4.69, 9.17) is 4.74 Å². The van der Waals surface area contributed by atoms with Crippen LogP contribution in [-0.2, 0) is 11.2 Å². The molecular weight excluding hydrogens is 372 g/mol. The van der Waals surface area contributed by atoms with Crippen molar-refractivity contribution in [3.63, 3.8) is 0 Å². The van der Waals surface area contributed by atoms with Crippen LogP contribution < -0.4 is 10.9 Å². The minimum Gasteiger partial charge on any atom is -0.506 e. The Morgan fingerprint density at radius 2 is 1.93 bits per heavy atom. The van der Waals surface area contributed by atoms with Crippen LogP contribution >= 0.6 is 0 Å². The van der Waals surface area contributed by atoms with Crippen molar-refractivity contribution in [3.05, 3.63) is 69.5 Å². The second-order valence-corrected chi connectivity index (χ2v) is 7.02. The zero-order valence-corrected chi connectivity index (χ0v) is 16.1. The summed E-state index contributed by atoms with van der Waals surface area (Å²) in [4.78, 5) is 37.6. The van der Waals surface area contributed by atoms with E-state index in [1.165, 1.54) is 12.1 Å². The lowest BCUT2D eigenvalue weighted by atomic mass is 10.1. The molecule has 1 aliphatic heterocycles. The lowest BCUT2D eigenvalue weighted by molar-refractivity contribution is 0.0526. The topological polar surface area (TPSA) is 97.6 Å². The summed E-state index contributed by atoms with van der Waals surface area (Å²) in [6.07, 6.45) is 0.673. The average Bonchev–Trinajstić information content (AvgIpc) is 3.04. The highest BCUT2D eigenvalue weighted by Crippen LogP contribution is 2.36. The van der Waals surface area contributed by atoms with Gasteiger partial charge in [0.05, 0.1) is 17.7 Å². The number of aromatic hydroxyl groups is 1.